The molecule has 0 spiro atoms. The van der Waals surface area contributed by atoms with Crippen molar-refractivity contribution in [2.45, 2.75) is 117 Å². The van der Waals surface area contributed by atoms with E-state index in [1.165, 1.54) is 27.7 Å². The summed E-state index contributed by atoms with van der Waals surface area (Å²) in [5, 5.41) is 11.4. The van der Waals surface area contributed by atoms with Crippen LogP contribution >= 0.6 is 0 Å². The lowest BCUT2D eigenvalue weighted by Crippen LogP contribution is -2.57. The molecule has 0 amide bonds. The predicted octanol–water partition coefficient (Wildman–Crippen LogP) is 3.96. The van der Waals surface area contributed by atoms with E-state index in [-0.39, 0.29) is 19.3 Å². The molecule has 1 fully saturated rings. The molecule has 1 N–H and O–H groups in total. The number of aliphatic hydroxyl groups excluding tert-OH is 1. The first-order valence-electron chi connectivity index (χ1n) is 17.4. The number of likely N-dealkylation sites (N-methyl/N-ethyl adjacent to an activating group) is 1. The van der Waals surface area contributed by atoms with E-state index in [1.54, 1.807) is 63.2 Å². The molecule has 1 aromatic rings. The maximum Gasteiger partial charge on any atom is 0.337 e. The van der Waals surface area contributed by atoms with Gasteiger partial charge in [0.05, 0.1) is 11.5 Å². The number of benzene rings is 1. The van der Waals surface area contributed by atoms with Crippen LogP contribution in [0, 0.1) is 16.7 Å². The Labute approximate surface area is 304 Å². The molecule has 13 heteroatoms. The normalized spacial score (nSPS) is 29.5. The van der Waals surface area contributed by atoms with Gasteiger partial charge in [-0.25, -0.2) is 4.79 Å². The van der Waals surface area contributed by atoms with Gasteiger partial charge >= 0.3 is 29.8 Å². The number of rotatable bonds is 9. The number of fused-ring (bicyclic) bond motifs is 4. The van der Waals surface area contributed by atoms with Crippen LogP contribution in [0.15, 0.2) is 53.1 Å². The highest BCUT2D eigenvalue weighted by Gasteiger charge is 2.59. The molecule has 0 saturated heterocycles. The van der Waals surface area contributed by atoms with Crippen molar-refractivity contribution < 1.29 is 57.6 Å². The van der Waals surface area contributed by atoms with E-state index in [1.807, 2.05) is 19.9 Å². The van der Waals surface area contributed by atoms with E-state index < -0.39 is 95.0 Å². The maximum absolute atomic E-state index is 15.0. The Morgan fingerprint density at radius 2 is 1.38 bits per heavy atom. The summed E-state index contributed by atoms with van der Waals surface area (Å²) >= 11 is 0. The van der Waals surface area contributed by atoms with Crippen molar-refractivity contribution in [3.05, 3.63) is 58.7 Å². The first kappa shape index (κ1) is 40.4. The van der Waals surface area contributed by atoms with Crippen LogP contribution in [0.4, 0.5) is 0 Å². The van der Waals surface area contributed by atoms with Gasteiger partial charge in [-0.2, -0.15) is 0 Å². The van der Waals surface area contributed by atoms with E-state index in [2.05, 4.69) is 0 Å². The molecule has 13 nitrogen and oxygen atoms in total. The number of hydrogen-bond acceptors (Lipinski definition) is 13. The van der Waals surface area contributed by atoms with Crippen LogP contribution in [-0.4, -0.2) is 96.4 Å². The molecule has 52 heavy (non-hydrogen) atoms. The van der Waals surface area contributed by atoms with Gasteiger partial charge in [0.2, 0.25) is 0 Å². The molecule has 0 heterocycles. The molecule has 3 aliphatic rings. The second-order valence-corrected chi connectivity index (χ2v) is 15.0. The quantitative estimate of drug-likeness (QED) is 0.221. The Hall–Kier alpha value is -4.36. The summed E-state index contributed by atoms with van der Waals surface area (Å²) < 4.78 is 29.4. The molecule has 3 aliphatic carbocycles. The van der Waals surface area contributed by atoms with Crippen LogP contribution in [0.25, 0.3) is 0 Å². The summed E-state index contributed by atoms with van der Waals surface area (Å²) in [5.41, 5.74) is -0.616. The summed E-state index contributed by atoms with van der Waals surface area (Å²) in [6.07, 6.45) is -5.82. The molecule has 1 saturated carbocycles. The summed E-state index contributed by atoms with van der Waals surface area (Å²) in [7, 11) is 3.43. The number of Topliss-reactive ketones (excluding diaryl/α,β-unsaturated/α-hetero) is 1. The van der Waals surface area contributed by atoms with Gasteiger partial charge in [-0.3, -0.25) is 28.9 Å². The molecular weight excluding hydrogens is 674 g/mol. The molecule has 0 radical (unpaired) electrons. The Bertz CT molecular complexity index is 1640. The number of carbonyl (C=O) groups excluding carboxylic acids is 6. The van der Waals surface area contributed by atoms with Crippen molar-refractivity contribution >= 4 is 35.6 Å². The van der Waals surface area contributed by atoms with Crippen LogP contribution in [-0.2, 0) is 52.5 Å². The number of nitrogens with zero attached hydrogens (tertiary/aromatic N) is 1. The van der Waals surface area contributed by atoms with Crippen molar-refractivity contribution in [3.8, 4) is 0 Å². The highest BCUT2D eigenvalue weighted by molar-refractivity contribution is 5.94. The van der Waals surface area contributed by atoms with Crippen LogP contribution in [0.3, 0.4) is 0 Å². The molecule has 1 aromatic carbocycles. The van der Waals surface area contributed by atoms with Gasteiger partial charge in [-0.05, 0) is 74.6 Å². The third-order valence-electron chi connectivity index (χ3n) is 10.7. The standard InChI is InChI=1S/C39H51NO12/c1-20-28(48-21(2)41)17-27-30(49-22(3)42)16-26-19-39(8,36(46)35(51-24(5)44)32(20)38(27,6)7)31(50-23(4)43)18-29(26)52-37(47)34(45)33(40(9)10)25-14-12-11-13-15-25/h11-16,27-31,33-35,45H,17-19H2,1-10H3. The van der Waals surface area contributed by atoms with Crippen LogP contribution < -0.4 is 0 Å². The summed E-state index contributed by atoms with van der Waals surface area (Å²) in [4.78, 5) is 80.8. The zero-order valence-electron chi connectivity index (χ0n) is 31.6. The van der Waals surface area contributed by atoms with Crippen molar-refractivity contribution in [2.24, 2.45) is 16.7 Å². The first-order valence-corrected chi connectivity index (χ1v) is 17.4. The topological polar surface area (TPSA) is 172 Å². The van der Waals surface area contributed by atoms with E-state index in [9.17, 15) is 29.1 Å². The Balaban J connectivity index is 1.94. The second kappa shape index (κ2) is 15.7. The SMILES string of the molecule is CC(=O)OC1CC2C(OC(C)=O)C=C3CC(C)(C(=O)C(OC(C)=O)C(=C1C)C2(C)C)C(OC(C)=O)CC3OC(=O)C(O)C(c1ccccc1)N(C)C. The zero-order chi connectivity index (χ0) is 38.9. The first-order chi connectivity index (χ1) is 24.2. The molecule has 0 aromatic heterocycles. The average Bonchev–Trinajstić information content (AvgIpc) is 3.02. The van der Waals surface area contributed by atoms with Gasteiger partial charge in [0.15, 0.2) is 18.0 Å². The fourth-order valence-corrected chi connectivity index (χ4v) is 8.28. The molecule has 9 unspecified atom stereocenters. The summed E-state index contributed by atoms with van der Waals surface area (Å²) in [5.74, 6) is -4.81. The monoisotopic (exact) mass is 725 g/mol. The molecule has 284 valence electrons. The van der Waals surface area contributed by atoms with Gasteiger partial charge in [-0.15, -0.1) is 0 Å². The average molecular weight is 726 g/mol. The maximum atomic E-state index is 15.0. The lowest BCUT2D eigenvalue weighted by molar-refractivity contribution is -0.177. The lowest BCUT2D eigenvalue weighted by atomic mass is 9.57. The van der Waals surface area contributed by atoms with Crippen LogP contribution in [0.1, 0.15) is 86.3 Å². The van der Waals surface area contributed by atoms with Crippen LogP contribution in [0.2, 0.25) is 0 Å². The summed E-state index contributed by atoms with van der Waals surface area (Å²) in [6, 6.07) is 8.17. The molecular formula is C39H51NO12. The number of esters is 5. The Morgan fingerprint density at radius 1 is 0.808 bits per heavy atom. The van der Waals surface area contributed by atoms with E-state index in [0.717, 1.165) is 0 Å². The smallest absolute Gasteiger partial charge is 0.337 e. The van der Waals surface area contributed by atoms with Crippen LogP contribution in [0.5, 0.6) is 0 Å². The van der Waals surface area contributed by atoms with Crippen molar-refractivity contribution in [1.29, 1.82) is 0 Å². The number of ether oxygens (including phenoxy) is 5. The zero-order valence-corrected chi connectivity index (χ0v) is 31.6. The minimum Gasteiger partial charge on any atom is -0.461 e. The largest absolute Gasteiger partial charge is 0.461 e. The fourth-order valence-electron chi connectivity index (χ4n) is 8.28. The van der Waals surface area contributed by atoms with E-state index in [0.29, 0.717) is 22.3 Å². The van der Waals surface area contributed by atoms with E-state index >= 15 is 4.79 Å². The third-order valence-corrected chi connectivity index (χ3v) is 10.7. The third kappa shape index (κ3) is 8.31. The van der Waals surface area contributed by atoms with Gasteiger partial charge in [0.1, 0.15) is 24.4 Å². The lowest BCUT2D eigenvalue weighted by Gasteiger charge is -2.51. The van der Waals surface area contributed by atoms with Gasteiger partial charge in [0, 0.05) is 40.0 Å². The molecule has 4 rings (SSSR count). The van der Waals surface area contributed by atoms with Gasteiger partial charge in [0.25, 0.3) is 0 Å². The number of carbonyl (C=O) groups is 6. The molecule has 9 atom stereocenters. The molecule has 4 bridgehead atoms. The number of ketones is 1. The minimum atomic E-state index is -1.64. The van der Waals surface area contributed by atoms with Crippen molar-refractivity contribution in [3.63, 3.8) is 0 Å². The molecule has 0 aliphatic heterocycles. The van der Waals surface area contributed by atoms with Gasteiger partial charge in [-0.1, -0.05) is 44.2 Å². The number of hydrogen-bond donors (Lipinski definition) is 1. The highest BCUT2D eigenvalue weighted by atomic mass is 16.6. The van der Waals surface area contributed by atoms with Crippen molar-refractivity contribution in [1.82, 2.24) is 4.90 Å². The van der Waals surface area contributed by atoms with Crippen molar-refractivity contribution in [2.75, 3.05) is 14.1 Å². The second-order valence-electron chi connectivity index (χ2n) is 15.0. The minimum absolute atomic E-state index is 0.143. The Morgan fingerprint density at radius 3 is 1.92 bits per heavy atom. The highest BCUT2D eigenvalue weighted by Crippen LogP contribution is 2.54. The number of aliphatic hydroxyl groups is 1. The van der Waals surface area contributed by atoms with E-state index in [4.69, 9.17) is 23.7 Å². The predicted molar refractivity (Wildman–Crippen MR) is 186 cm³/mol. The van der Waals surface area contributed by atoms with Gasteiger partial charge < -0.3 is 28.8 Å². The fraction of sp³-hybridized carbons (Fsp3) is 0.590. The Kier molecular flexibility index (Phi) is 12.2. The summed E-state index contributed by atoms with van der Waals surface area (Å²) in [6.45, 7) is 11.8.